The van der Waals surface area contributed by atoms with E-state index in [4.69, 9.17) is 0 Å². The second-order valence-corrected chi connectivity index (χ2v) is 5.61. The Morgan fingerprint density at radius 1 is 1.37 bits per heavy atom. The number of carbonyl (C=O) groups is 1. The normalized spacial score (nSPS) is 10.8. The molecule has 5 heteroatoms. The fourth-order valence-electron chi connectivity index (χ4n) is 2.08. The highest BCUT2D eigenvalue weighted by Gasteiger charge is 2.14. The number of aromatic nitrogens is 2. The topological polar surface area (TPSA) is 46.9 Å². The lowest BCUT2D eigenvalue weighted by molar-refractivity contribution is 0.101. The van der Waals surface area contributed by atoms with Crippen molar-refractivity contribution in [3.8, 4) is 0 Å². The summed E-state index contributed by atoms with van der Waals surface area (Å²) in [6.45, 7) is 1.96. The number of nitrogens with one attached hydrogen (secondary N) is 1. The predicted octanol–water partition coefficient (Wildman–Crippen LogP) is 3.20. The van der Waals surface area contributed by atoms with Gasteiger partial charge in [0.2, 0.25) is 0 Å². The molecule has 1 amide bonds. The van der Waals surface area contributed by atoms with Crippen LogP contribution in [0.4, 0.5) is 5.13 Å². The zero-order valence-electron chi connectivity index (χ0n) is 10.7. The number of fused-ring (bicyclic) bond motifs is 1. The summed E-state index contributed by atoms with van der Waals surface area (Å²) in [5, 5.41) is 4.52. The number of benzene rings is 1. The number of para-hydroxylation sites is 1. The summed E-state index contributed by atoms with van der Waals surface area (Å²) in [7, 11) is 1.89. The molecule has 0 unspecified atom stereocenters. The largest absolute Gasteiger partial charge is 0.340 e. The van der Waals surface area contributed by atoms with Crippen LogP contribution in [-0.4, -0.2) is 15.5 Å². The van der Waals surface area contributed by atoms with Gasteiger partial charge in [0, 0.05) is 29.0 Å². The van der Waals surface area contributed by atoms with E-state index in [9.17, 15) is 4.79 Å². The molecule has 96 valence electrons. The molecule has 3 rings (SSSR count). The fourth-order valence-corrected chi connectivity index (χ4v) is 2.74. The van der Waals surface area contributed by atoms with Crippen molar-refractivity contribution in [1.82, 2.24) is 9.55 Å². The highest BCUT2D eigenvalue weighted by Crippen LogP contribution is 2.21. The van der Waals surface area contributed by atoms with E-state index >= 15 is 0 Å². The van der Waals surface area contributed by atoms with Crippen LogP contribution in [0.15, 0.2) is 36.5 Å². The van der Waals surface area contributed by atoms with E-state index < -0.39 is 0 Å². The molecule has 0 spiro atoms. The first kappa shape index (κ1) is 11.9. The summed E-state index contributed by atoms with van der Waals surface area (Å²) in [4.78, 5) is 17.5. The molecule has 2 heterocycles. The van der Waals surface area contributed by atoms with E-state index in [0.717, 1.165) is 15.8 Å². The monoisotopic (exact) mass is 271 g/mol. The molecule has 0 fully saturated rings. The number of hydrogen-bond acceptors (Lipinski definition) is 3. The van der Waals surface area contributed by atoms with Crippen molar-refractivity contribution in [2.45, 2.75) is 6.92 Å². The van der Waals surface area contributed by atoms with Gasteiger partial charge in [-0.25, -0.2) is 4.98 Å². The number of thiazole rings is 1. The number of nitrogens with zero attached hydrogens (tertiary/aromatic N) is 2. The molecule has 0 atom stereocenters. The number of rotatable bonds is 2. The Balaban J connectivity index is 1.95. The highest BCUT2D eigenvalue weighted by atomic mass is 32.1. The first-order valence-corrected chi connectivity index (χ1v) is 6.75. The van der Waals surface area contributed by atoms with Crippen molar-refractivity contribution in [2.75, 3.05) is 5.32 Å². The lowest BCUT2D eigenvalue weighted by Crippen LogP contribution is -2.15. The molecule has 0 aliphatic carbocycles. The molecular weight excluding hydrogens is 258 g/mol. The van der Waals surface area contributed by atoms with Crippen molar-refractivity contribution >= 4 is 33.3 Å². The summed E-state index contributed by atoms with van der Waals surface area (Å²) in [6, 6.07) is 9.83. The standard InChI is InChI=1S/C14H13N3OS/c1-9-8-15-14(19-9)16-13(18)12-7-10-5-3-4-6-11(10)17(12)2/h3-8H,1-2H3,(H,15,16,18). The summed E-state index contributed by atoms with van der Waals surface area (Å²) >= 11 is 1.47. The average molecular weight is 271 g/mol. The van der Waals surface area contributed by atoms with Crippen molar-refractivity contribution in [3.63, 3.8) is 0 Å². The first-order valence-electron chi connectivity index (χ1n) is 5.93. The van der Waals surface area contributed by atoms with Crippen LogP contribution >= 0.6 is 11.3 Å². The van der Waals surface area contributed by atoms with E-state index in [-0.39, 0.29) is 5.91 Å². The van der Waals surface area contributed by atoms with E-state index in [2.05, 4.69) is 10.3 Å². The second-order valence-electron chi connectivity index (χ2n) is 4.38. The number of aryl methyl sites for hydroxylation is 2. The van der Waals surface area contributed by atoms with E-state index in [1.165, 1.54) is 11.3 Å². The number of carbonyl (C=O) groups excluding carboxylic acids is 1. The van der Waals surface area contributed by atoms with Crippen LogP contribution < -0.4 is 5.32 Å². The molecule has 19 heavy (non-hydrogen) atoms. The molecule has 0 aliphatic heterocycles. The molecule has 0 radical (unpaired) electrons. The van der Waals surface area contributed by atoms with Gasteiger partial charge >= 0.3 is 0 Å². The Morgan fingerprint density at radius 2 is 2.16 bits per heavy atom. The fraction of sp³-hybridized carbons (Fsp3) is 0.143. The molecule has 0 saturated heterocycles. The van der Waals surface area contributed by atoms with Crippen LogP contribution in [0.1, 0.15) is 15.4 Å². The molecule has 0 bridgehead atoms. The van der Waals surface area contributed by atoms with Crippen LogP contribution in [0, 0.1) is 6.92 Å². The van der Waals surface area contributed by atoms with Gasteiger partial charge in [0.25, 0.3) is 5.91 Å². The Hall–Kier alpha value is -2.14. The number of amides is 1. The van der Waals surface area contributed by atoms with Gasteiger partial charge in [0.15, 0.2) is 5.13 Å². The van der Waals surface area contributed by atoms with Crippen LogP contribution in [0.3, 0.4) is 0 Å². The van der Waals surface area contributed by atoms with Gasteiger partial charge in [-0.3, -0.25) is 10.1 Å². The smallest absolute Gasteiger partial charge is 0.274 e. The minimum atomic E-state index is -0.131. The third-order valence-electron chi connectivity index (χ3n) is 3.03. The van der Waals surface area contributed by atoms with Crippen LogP contribution in [0.2, 0.25) is 0 Å². The summed E-state index contributed by atoms with van der Waals surface area (Å²) < 4.78 is 1.89. The lowest BCUT2D eigenvalue weighted by Gasteiger charge is -2.03. The van der Waals surface area contributed by atoms with Crippen molar-refractivity contribution in [3.05, 3.63) is 47.1 Å². The van der Waals surface area contributed by atoms with Gasteiger partial charge in [-0.15, -0.1) is 11.3 Å². The van der Waals surface area contributed by atoms with Gasteiger partial charge in [-0.05, 0) is 19.1 Å². The molecular formula is C14H13N3OS. The number of hydrogen-bond donors (Lipinski definition) is 1. The zero-order chi connectivity index (χ0) is 13.4. The summed E-state index contributed by atoms with van der Waals surface area (Å²) in [5.41, 5.74) is 1.68. The molecule has 1 N–H and O–H groups in total. The zero-order valence-corrected chi connectivity index (χ0v) is 11.5. The lowest BCUT2D eigenvalue weighted by atomic mass is 10.2. The SMILES string of the molecule is Cc1cnc(NC(=O)c2cc3ccccc3n2C)s1. The van der Waals surface area contributed by atoms with E-state index in [1.807, 2.05) is 48.9 Å². The van der Waals surface area contributed by atoms with Gasteiger partial charge < -0.3 is 4.57 Å². The maximum atomic E-state index is 12.2. The van der Waals surface area contributed by atoms with Gasteiger partial charge in [0.05, 0.1) is 0 Å². The Bertz CT molecular complexity index is 757. The summed E-state index contributed by atoms with van der Waals surface area (Å²) in [6.07, 6.45) is 1.75. The van der Waals surface area contributed by atoms with Gasteiger partial charge in [-0.2, -0.15) is 0 Å². The average Bonchev–Trinajstić information content (AvgIpc) is 2.94. The Labute approximate surface area is 114 Å². The molecule has 3 aromatic rings. The van der Waals surface area contributed by atoms with Crippen LogP contribution in [0.25, 0.3) is 10.9 Å². The molecule has 1 aromatic carbocycles. The minimum Gasteiger partial charge on any atom is -0.340 e. The molecule has 2 aromatic heterocycles. The predicted molar refractivity (Wildman–Crippen MR) is 77.7 cm³/mol. The van der Waals surface area contributed by atoms with Crippen molar-refractivity contribution in [2.24, 2.45) is 7.05 Å². The minimum absolute atomic E-state index is 0.131. The Kier molecular flexibility index (Phi) is 2.83. The Morgan fingerprint density at radius 3 is 2.84 bits per heavy atom. The molecule has 0 saturated carbocycles. The quantitative estimate of drug-likeness (QED) is 0.778. The first-order chi connectivity index (χ1) is 9.15. The number of anilines is 1. The summed E-state index contributed by atoms with van der Waals surface area (Å²) in [5.74, 6) is -0.131. The maximum Gasteiger partial charge on any atom is 0.274 e. The maximum absolute atomic E-state index is 12.2. The molecule has 0 aliphatic rings. The van der Waals surface area contributed by atoms with E-state index in [0.29, 0.717) is 10.8 Å². The third kappa shape index (κ3) is 2.13. The van der Waals surface area contributed by atoms with Gasteiger partial charge in [0.1, 0.15) is 5.69 Å². The van der Waals surface area contributed by atoms with E-state index in [1.54, 1.807) is 6.20 Å². The molecule has 4 nitrogen and oxygen atoms in total. The second kappa shape index (κ2) is 4.51. The van der Waals surface area contributed by atoms with Crippen molar-refractivity contribution in [1.29, 1.82) is 0 Å². The van der Waals surface area contributed by atoms with Crippen molar-refractivity contribution < 1.29 is 4.79 Å². The van der Waals surface area contributed by atoms with Gasteiger partial charge in [-0.1, -0.05) is 18.2 Å². The van der Waals surface area contributed by atoms with Crippen LogP contribution in [-0.2, 0) is 7.05 Å². The third-order valence-corrected chi connectivity index (χ3v) is 3.85. The highest BCUT2D eigenvalue weighted by molar-refractivity contribution is 7.15. The van der Waals surface area contributed by atoms with Crippen LogP contribution in [0.5, 0.6) is 0 Å².